The SMILES string of the molecule is CC(C)CC(NC(=O)C(CC(=O)O)NC(=O)C(N)CC(=O)O)C(=O)NC(CCCN=C(N)N)C(=O)O. The number of hydrogen-bond donors (Lipinski definition) is 9. The lowest BCUT2D eigenvalue weighted by Gasteiger charge is -2.25. The second kappa shape index (κ2) is 15.9. The molecule has 0 radical (unpaired) electrons. The van der Waals surface area contributed by atoms with Gasteiger partial charge in [-0.15, -0.1) is 0 Å². The Morgan fingerprint density at radius 2 is 1.28 bits per heavy atom. The van der Waals surface area contributed by atoms with Gasteiger partial charge in [0, 0.05) is 6.54 Å². The number of carboxylic acid groups (broad SMARTS) is 3. The zero-order valence-electron chi connectivity index (χ0n) is 20.1. The first-order chi connectivity index (χ1) is 16.6. The van der Waals surface area contributed by atoms with Crippen LogP contribution in [0.3, 0.4) is 0 Å². The van der Waals surface area contributed by atoms with Crippen LogP contribution in [0, 0.1) is 5.92 Å². The molecule has 204 valence electrons. The number of hydrogen-bond acceptors (Lipinski definition) is 8. The Morgan fingerprint density at radius 1 is 0.778 bits per heavy atom. The summed E-state index contributed by atoms with van der Waals surface area (Å²) < 4.78 is 0. The van der Waals surface area contributed by atoms with Crippen molar-refractivity contribution in [2.24, 2.45) is 28.1 Å². The predicted octanol–water partition coefficient (Wildman–Crippen LogP) is -3.10. The number of aliphatic carboxylic acids is 3. The molecule has 0 heterocycles. The first-order valence-corrected chi connectivity index (χ1v) is 11.0. The number of aliphatic imine (C=N–C) groups is 1. The quantitative estimate of drug-likeness (QED) is 0.0526. The van der Waals surface area contributed by atoms with E-state index in [2.05, 4.69) is 20.9 Å². The molecule has 0 aromatic heterocycles. The van der Waals surface area contributed by atoms with Gasteiger partial charge < -0.3 is 48.5 Å². The molecule has 0 spiro atoms. The first kappa shape index (κ1) is 32.0. The summed E-state index contributed by atoms with van der Waals surface area (Å²) in [5.41, 5.74) is 15.9. The Balaban J connectivity index is 5.50. The smallest absolute Gasteiger partial charge is 0.326 e. The molecule has 0 aliphatic heterocycles. The summed E-state index contributed by atoms with van der Waals surface area (Å²) in [6, 6.07) is -5.80. The number of carboxylic acids is 3. The third-order valence-electron chi connectivity index (χ3n) is 4.64. The molecule has 16 nitrogen and oxygen atoms in total. The summed E-state index contributed by atoms with van der Waals surface area (Å²) in [6.07, 6.45) is -1.36. The van der Waals surface area contributed by atoms with E-state index in [1.807, 2.05) is 0 Å². The van der Waals surface area contributed by atoms with Crippen molar-refractivity contribution in [3.05, 3.63) is 0 Å². The van der Waals surface area contributed by atoms with Crippen LogP contribution in [0.1, 0.15) is 46.0 Å². The Labute approximate surface area is 207 Å². The molecule has 0 aromatic rings. The summed E-state index contributed by atoms with van der Waals surface area (Å²) in [4.78, 5) is 75.0. The average molecular weight is 518 g/mol. The molecule has 3 amide bonds. The fraction of sp³-hybridized carbons (Fsp3) is 0.650. The highest BCUT2D eigenvalue weighted by Crippen LogP contribution is 2.08. The number of nitrogens with zero attached hydrogens (tertiary/aromatic N) is 1. The molecule has 12 N–H and O–H groups in total. The standard InChI is InChI=1S/C20H35N7O9/c1-9(2)6-12(17(33)25-11(19(35)36)4-3-5-24-20(22)23)27-18(34)13(8-15(30)31)26-16(32)10(21)7-14(28)29/h9-13H,3-8,21H2,1-2H3,(H,25,33)(H,26,32)(H,27,34)(H,28,29)(H,30,31)(H,35,36)(H4,22,23,24). The monoisotopic (exact) mass is 517 g/mol. The summed E-state index contributed by atoms with van der Waals surface area (Å²) in [5.74, 6) is -7.44. The average Bonchev–Trinajstić information content (AvgIpc) is 2.73. The van der Waals surface area contributed by atoms with E-state index in [1.54, 1.807) is 13.8 Å². The zero-order chi connectivity index (χ0) is 28.0. The van der Waals surface area contributed by atoms with Crippen LogP contribution in [0.5, 0.6) is 0 Å². The third-order valence-corrected chi connectivity index (χ3v) is 4.64. The fourth-order valence-electron chi connectivity index (χ4n) is 2.95. The van der Waals surface area contributed by atoms with E-state index >= 15 is 0 Å². The minimum Gasteiger partial charge on any atom is -0.481 e. The van der Waals surface area contributed by atoms with E-state index in [4.69, 9.17) is 27.4 Å². The topological polar surface area (TPSA) is 290 Å². The van der Waals surface area contributed by atoms with Crippen molar-refractivity contribution in [2.75, 3.05) is 6.54 Å². The van der Waals surface area contributed by atoms with Gasteiger partial charge in [0.2, 0.25) is 17.7 Å². The molecule has 4 atom stereocenters. The highest BCUT2D eigenvalue weighted by Gasteiger charge is 2.32. The summed E-state index contributed by atoms with van der Waals surface area (Å²) in [5, 5.41) is 34.0. The maximum atomic E-state index is 12.8. The number of amides is 3. The molecule has 0 aliphatic carbocycles. The lowest BCUT2D eigenvalue weighted by molar-refractivity contribution is -0.143. The zero-order valence-corrected chi connectivity index (χ0v) is 20.1. The minimum absolute atomic E-state index is 0.0145. The number of guanidine groups is 1. The van der Waals surface area contributed by atoms with E-state index < -0.39 is 72.6 Å². The highest BCUT2D eigenvalue weighted by atomic mass is 16.4. The van der Waals surface area contributed by atoms with Crippen LogP contribution in [0.25, 0.3) is 0 Å². The molecule has 0 rings (SSSR count). The Hall–Kier alpha value is -3.95. The van der Waals surface area contributed by atoms with E-state index in [0.29, 0.717) is 0 Å². The summed E-state index contributed by atoms with van der Waals surface area (Å²) in [7, 11) is 0. The highest BCUT2D eigenvalue weighted by molar-refractivity contribution is 5.96. The second-order valence-corrected chi connectivity index (χ2v) is 8.40. The van der Waals surface area contributed by atoms with Gasteiger partial charge in [-0.1, -0.05) is 13.8 Å². The van der Waals surface area contributed by atoms with Crippen LogP contribution in [-0.2, 0) is 28.8 Å². The van der Waals surface area contributed by atoms with Crippen LogP contribution in [0.2, 0.25) is 0 Å². The maximum absolute atomic E-state index is 12.8. The van der Waals surface area contributed by atoms with E-state index in [9.17, 15) is 33.9 Å². The number of rotatable bonds is 17. The van der Waals surface area contributed by atoms with Crippen molar-refractivity contribution in [1.29, 1.82) is 0 Å². The van der Waals surface area contributed by atoms with Crippen molar-refractivity contribution >= 4 is 41.6 Å². The fourth-order valence-corrected chi connectivity index (χ4v) is 2.95. The molecule has 36 heavy (non-hydrogen) atoms. The van der Waals surface area contributed by atoms with Gasteiger partial charge in [-0.25, -0.2) is 4.79 Å². The number of carbonyl (C=O) groups is 6. The number of nitrogens with one attached hydrogen (secondary N) is 3. The van der Waals surface area contributed by atoms with Gasteiger partial charge in [0.05, 0.1) is 18.9 Å². The maximum Gasteiger partial charge on any atom is 0.326 e. The molecular formula is C20H35N7O9. The summed E-state index contributed by atoms with van der Waals surface area (Å²) >= 11 is 0. The normalized spacial score (nSPS) is 14.0. The molecule has 0 fully saturated rings. The molecule has 4 unspecified atom stereocenters. The first-order valence-electron chi connectivity index (χ1n) is 11.0. The van der Waals surface area contributed by atoms with Gasteiger partial charge in [0.15, 0.2) is 5.96 Å². The summed E-state index contributed by atoms with van der Waals surface area (Å²) in [6.45, 7) is 3.60. The van der Waals surface area contributed by atoms with Crippen LogP contribution in [0.15, 0.2) is 4.99 Å². The van der Waals surface area contributed by atoms with Gasteiger partial charge in [-0.05, 0) is 25.2 Å². The Morgan fingerprint density at radius 3 is 1.75 bits per heavy atom. The largest absolute Gasteiger partial charge is 0.481 e. The van der Waals surface area contributed by atoms with Crippen LogP contribution >= 0.6 is 0 Å². The lowest BCUT2D eigenvalue weighted by Crippen LogP contribution is -2.57. The van der Waals surface area contributed by atoms with Crippen molar-refractivity contribution in [1.82, 2.24) is 16.0 Å². The van der Waals surface area contributed by atoms with Crippen molar-refractivity contribution in [2.45, 2.75) is 70.1 Å². The van der Waals surface area contributed by atoms with E-state index in [0.717, 1.165) is 0 Å². The van der Waals surface area contributed by atoms with E-state index in [-0.39, 0.29) is 37.7 Å². The molecule has 0 saturated carbocycles. The minimum atomic E-state index is -1.67. The van der Waals surface area contributed by atoms with Gasteiger partial charge in [-0.2, -0.15) is 0 Å². The van der Waals surface area contributed by atoms with Crippen LogP contribution in [0.4, 0.5) is 0 Å². The molecule has 0 bridgehead atoms. The van der Waals surface area contributed by atoms with E-state index in [1.165, 1.54) is 0 Å². The molecule has 0 aromatic carbocycles. The molecular weight excluding hydrogens is 482 g/mol. The third kappa shape index (κ3) is 13.7. The van der Waals surface area contributed by atoms with Crippen molar-refractivity contribution in [3.63, 3.8) is 0 Å². The van der Waals surface area contributed by atoms with Gasteiger partial charge >= 0.3 is 17.9 Å². The van der Waals surface area contributed by atoms with Crippen molar-refractivity contribution in [3.8, 4) is 0 Å². The predicted molar refractivity (Wildman–Crippen MR) is 125 cm³/mol. The molecule has 16 heteroatoms. The van der Waals surface area contributed by atoms with Gasteiger partial charge in [-0.3, -0.25) is 29.0 Å². The number of carbonyl (C=O) groups excluding carboxylic acids is 3. The van der Waals surface area contributed by atoms with Crippen LogP contribution < -0.4 is 33.2 Å². The Bertz CT molecular complexity index is 843. The molecule has 0 aliphatic rings. The lowest BCUT2D eigenvalue weighted by atomic mass is 10.0. The molecule has 0 saturated heterocycles. The second-order valence-electron chi connectivity index (χ2n) is 8.40. The van der Waals surface area contributed by atoms with Gasteiger partial charge in [0.1, 0.15) is 18.1 Å². The van der Waals surface area contributed by atoms with Gasteiger partial charge in [0.25, 0.3) is 0 Å². The van der Waals surface area contributed by atoms with Crippen molar-refractivity contribution < 1.29 is 44.1 Å². The number of nitrogens with two attached hydrogens (primary N) is 3. The Kier molecular flexibility index (Phi) is 14.1. The van der Waals surface area contributed by atoms with Crippen LogP contribution in [-0.4, -0.2) is 87.6 Å².